The molecule has 116 valence electrons. The predicted molar refractivity (Wildman–Crippen MR) is 87.2 cm³/mol. The Labute approximate surface area is 132 Å². The first-order chi connectivity index (χ1) is 10.1. The zero-order chi connectivity index (χ0) is 15.2. The van der Waals surface area contributed by atoms with Crippen LogP contribution in [0, 0.1) is 5.92 Å². The summed E-state index contributed by atoms with van der Waals surface area (Å²) in [4.78, 5) is 12.0. The zero-order valence-corrected chi connectivity index (χ0v) is 13.8. The molecule has 1 saturated carbocycles. The lowest BCUT2D eigenvalue weighted by Crippen LogP contribution is -2.19. The highest BCUT2D eigenvalue weighted by atomic mass is 35.5. The van der Waals surface area contributed by atoms with E-state index in [0.717, 1.165) is 17.2 Å². The number of carbonyl (C=O) groups is 1. The van der Waals surface area contributed by atoms with Crippen molar-refractivity contribution < 1.29 is 9.53 Å². The molecule has 0 heterocycles. The number of hydrogen-bond acceptors (Lipinski definition) is 2. The molecule has 1 aliphatic rings. The number of rotatable bonds is 6. The molecule has 0 saturated heterocycles. The second-order valence-corrected chi connectivity index (χ2v) is 6.52. The number of carbonyl (C=O) groups excluding carboxylic acids is 1. The third kappa shape index (κ3) is 4.47. The second-order valence-electron chi connectivity index (χ2n) is 6.08. The molecule has 1 fully saturated rings. The molecule has 0 radical (unpaired) electrons. The van der Waals surface area contributed by atoms with Crippen LogP contribution in [0.4, 0.5) is 0 Å². The van der Waals surface area contributed by atoms with Gasteiger partial charge in [0.15, 0.2) is 5.78 Å². The molecule has 1 aromatic rings. The summed E-state index contributed by atoms with van der Waals surface area (Å²) >= 11 is 6.15. The van der Waals surface area contributed by atoms with E-state index in [9.17, 15) is 4.79 Å². The Morgan fingerprint density at radius 3 is 2.71 bits per heavy atom. The molecule has 0 bridgehead atoms. The predicted octanol–water partition coefficient (Wildman–Crippen LogP) is 5.38. The van der Waals surface area contributed by atoms with E-state index < -0.39 is 0 Å². The van der Waals surface area contributed by atoms with Gasteiger partial charge in [-0.1, -0.05) is 44.7 Å². The molecule has 1 aromatic carbocycles. The molecule has 1 atom stereocenters. The smallest absolute Gasteiger partial charge is 0.172 e. The standard InChI is InChI=1S/C18H25ClO2/c1-3-13(2)17(20)12-21-18-10-9-15(19)11-16(18)14-7-5-4-6-8-14/h9-11,13-14H,3-8,12H2,1-2H3. The molecule has 1 unspecified atom stereocenters. The average Bonchev–Trinajstić information content (AvgIpc) is 2.53. The van der Waals surface area contributed by atoms with Gasteiger partial charge in [0.2, 0.25) is 0 Å². The van der Waals surface area contributed by atoms with Crippen molar-refractivity contribution in [1.29, 1.82) is 0 Å². The summed E-state index contributed by atoms with van der Waals surface area (Å²) in [5, 5.41) is 0.746. The van der Waals surface area contributed by atoms with E-state index in [0.29, 0.717) is 5.92 Å². The molecule has 0 aromatic heterocycles. The Kier molecular flexibility index (Phi) is 6.10. The molecule has 2 rings (SSSR count). The third-order valence-electron chi connectivity index (χ3n) is 4.55. The fourth-order valence-electron chi connectivity index (χ4n) is 2.90. The van der Waals surface area contributed by atoms with Crippen molar-refractivity contribution in [2.75, 3.05) is 6.61 Å². The number of halogens is 1. The number of ether oxygens (including phenoxy) is 1. The van der Waals surface area contributed by atoms with Crippen LogP contribution >= 0.6 is 11.6 Å². The first kappa shape index (κ1) is 16.4. The number of ketones is 1. The normalized spacial score (nSPS) is 17.5. The lowest BCUT2D eigenvalue weighted by molar-refractivity contribution is -0.124. The van der Waals surface area contributed by atoms with Gasteiger partial charge in [0.05, 0.1) is 0 Å². The molecule has 1 aliphatic carbocycles. The van der Waals surface area contributed by atoms with Gasteiger partial charge in [-0.25, -0.2) is 0 Å². The van der Waals surface area contributed by atoms with Gasteiger partial charge in [-0.3, -0.25) is 4.79 Å². The van der Waals surface area contributed by atoms with Crippen molar-refractivity contribution in [2.24, 2.45) is 5.92 Å². The van der Waals surface area contributed by atoms with Gasteiger partial charge >= 0.3 is 0 Å². The molecule has 0 spiro atoms. The maximum Gasteiger partial charge on any atom is 0.172 e. The number of benzene rings is 1. The third-order valence-corrected chi connectivity index (χ3v) is 4.78. The van der Waals surface area contributed by atoms with Crippen LogP contribution in [0.3, 0.4) is 0 Å². The number of hydrogen-bond donors (Lipinski definition) is 0. The molecule has 3 heteroatoms. The average molecular weight is 309 g/mol. The van der Waals surface area contributed by atoms with Crippen molar-refractivity contribution in [3.8, 4) is 5.75 Å². The highest BCUT2D eigenvalue weighted by Gasteiger charge is 2.20. The fourth-order valence-corrected chi connectivity index (χ4v) is 3.08. The van der Waals surface area contributed by atoms with Gasteiger partial charge in [-0.2, -0.15) is 0 Å². The minimum absolute atomic E-state index is 0.0652. The summed E-state index contributed by atoms with van der Waals surface area (Å²) in [5.74, 6) is 1.59. The van der Waals surface area contributed by atoms with Crippen LogP contribution < -0.4 is 4.74 Å². The Bertz CT molecular complexity index is 478. The Morgan fingerprint density at radius 2 is 2.05 bits per heavy atom. The summed E-state index contributed by atoms with van der Waals surface area (Å²) in [5.41, 5.74) is 1.18. The maximum absolute atomic E-state index is 12.0. The lowest BCUT2D eigenvalue weighted by atomic mass is 9.84. The van der Waals surface area contributed by atoms with Gasteiger partial charge in [-0.05, 0) is 48.9 Å². The first-order valence-corrected chi connectivity index (χ1v) is 8.44. The van der Waals surface area contributed by atoms with Crippen LogP contribution in [0.1, 0.15) is 63.9 Å². The largest absolute Gasteiger partial charge is 0.486 e. The zero-order valence-electron chi connectivity index (χ0n) is 13.0. The van der Waals surface area contributed by atoms with Crippen LogP contribution in [0.5, 0.6) is 5.75 Å². The van der Waals surface area contributed by atoms with Gasteiger partial charge in [0, 0.05) is 10.9 Å². The quantitative estimate of drug-likeness (QED) is 0.705. The summed E-state index contributed by atoms with van der Waals surface area (Å²) in [7, 11) is 0. The monoisotopic (exact) mass is 308 g/mol. The number of Topliss-reactive ketones (excluding diaryl/α,β-unsaturated/α-hetero) is 1. The van der Waals surface area contributed by atoms with Crippen LogP contribution in [0.25, 0.3) is 0 Å². The summed E-state index contributed by atoms with van der Waals surface area (Å²) in [6.07, 6.45) is 7.09. The Hall–Kier alpha value is -1.02. The van der Waals surface area contributed by atoms with Gasteiger partial charge in [0.1, 0.15) is 12.4 Å². The molecule has 21 heavy (non-hydrogen) atoms. The van der Waals surface area contributed by atoms with Crippen molar-refractivity contribution in [2.45, 2.75) is 58.3 Å². The Balaban J connectivity index is 2.09. The summed E-state index contributed by atoms with van der Waals surface area (Å²) < 4.78 is 5.82. The van der Waals surface area contributed by atoms with E-state index in [1.165, 1.54) is 37.7 Å². The van der Waals surface area contributed by atoms with E-state index in [4.69, 9.17) is 16.3 Å². The van der Waals surface area contributed by atoms with Gasteiger partial charge in [0.25, 0.3) is 0 Å². The van der Waals surface area contributed by atoms with Crippen molar-refractivity contribution in [3.63, 3.8) is 0 Å². The van der Waals surface area contributed by atoms with Crippen molar-refractivity contribution in [1.82, 2.24) is 0 Å². The maximum atomic E-state index is 12.0. The molecular formula is C18H25ClO2. The second kappa shape index (κ2) is 7.84. The SMILES string of the molecule is CCC(C)C(=O)COc1ccc(Cl)cc1C1CCCCC1. The van der Waals surface area contributed by atoms with E-state index in [1.54, 1.807) is 0 Å². The van der Waals surface area contributed by atoms with Crippen molar-refractivity contribution in [3.05, 3.63) is 28.8 Å². The molecular weight excluding hydrogens is 284 g/mol. The first-order valence-electron chi connectivity index (χ1n) is 8.06. The van der Waals surface area contributed by atoms with E-state index >= 15 is 0 Å². The summed E-state index contributed by atoms with van der Waals surface area (Å²) in [6, 6.07) is 5.77. The van der Waals surface area contributed by atoms with E-state index in [1.807, 2.05) is 32.0 Å². The molecule has 0 N–H and O–H groups in total. The highest BCUT2D eigenvalue weighted by molar-refractivity contribution is 6.30. The van der Waals surface area contributed by atoms with Crippen LogP contribution in [0.15, 0.2) is 18.2 Å². The lowest BCUT2D eigenvalue weighted by Gasteiger charge is -2.24. The van der Waals surface area contributed by atoms with E-state index in [-0.39, 0.29) is 18.3 Å². The van der Waals surface area contributed by atoms with Crippen LogP contribution in [-0.2, 0) is 4.79 Å². The molecule has 2 nitrogen and oxygen atoms in total. The van der Waals surface area contributed by atoms with Crippen molar-refractivity contribution >= 4 is 17.4 Å². The highest BCUT2D eigenvalue weighted by Crippen LogP contribution is 2.38. The van der Waals surface area contributed by atoms with E-state index in [2.05, 4.69) is 0 Å². The molecule has 0 amide bonds. The Morgan fingerprint density at radius 1 is 1.33 bits per heavy atom. The minimum Gasteiger partial charge on any atom is -0.486 e. The summed E-state index contributed by atoms with van der Waals surface area (Å²) in [6.45, 7) is 4.14. The fraction of sp³-hybridized carbons (Fsp3) is 0.611. The topological polar surface area (TPSA) is 26.3 Å². The van der Waals surface area contributed by atoms with Gasteiger partial charge in [-0.15, -0.1) is 0 Å². The molecule has 0 aliphatic heterocycles. The van der Waals surface area contributed by atoms with Crippen LogP contribution in [-0.4, -0.2) is 12.4 Å². The minimum atomic E-state index is 0.0652. The van der Waals surface area contributed by atoms with Crippen LogP contribution in [0.2, 0.25) is 5.02 Å². The van der Waals surface area contributed by atoms with Gasteiger partial charge < -0.3 is 4.74 Å².